The van der Waals surface area contributed by atoms with E-state index >= 15 is 0 Å². The average molecular weight is 617 g/mol. The topological polar surface area (TPSA) is 0 Å². The molecular weight excluding hydrogens is 577 g/mol. The van der Waals surface area contributed by atoms with E-state index in [0.29, 0.717) is 0 Å². The van der Waals surface area contributed by atoms with E-state index in [4.69, 9.17) is 0 Å². The number of hydrogen-bond donors (Lipinski definition) is 0. The van der Waals surface area contributed by atoms with Crippen LogP contribution in [0.25, 0.3) is 72.3 Å². The van der Waals surface area contributed by atoms with E-state index in [1.165, 1.54) is 89.0 Å². The van der Waals surface area contributed by atoms with Crippen LogP contribution in [0.15, 0.2) is 170 Å². The molecule has 0 aromatic heterocycles. The Labute approximate surface area is 285 Å². The number of allylic oxidation sites excluding steroid dienone is 6. The molecule has 48 heavy (non-hydrogen) atoms. The van der Waals surface area contributed by atoms with Gasteiger partial charge in [0.1, 0.15) is 0 Å². The van der Waals surface area contributed by atoms with Crippen LogP contribution in [0.3, 0.4) is 0 Å². The van der Waals surface area contributed by atoms with Crippen molar-refractivity contribution in [3.8, 4) is 66.8 Å². The summed E-state index contributed by atoms with van der Waals surface area (Å²) in [6.07, 6.45) is 6.20. The van der Waals surface area contributed by atoms with Gasteiger partial charge in [-0.1, -0.05) is 146 Å². The maximum absolute atomic E-state index is 4.06. The zero-order valence-corrected chi connectivity index (χ0v) is 28.3. The lowest BCUT2D eigenvalue weighted by atomic mass is 9.93. The highest BCUT2D eigenvalue weighted by Crippen LogP contribution is 2.63. The summed E-state index contributed by atoms with van der Waals surface area (Å²) in [5, 5.41) is 0. The van der Waals surface area contributed by atoms with Gasteiger partial charge in [-0.2, -0.15) is 0 Å². The Morgan fingerprint density at radius 2 is 1.04 bits per heavy atom. The van der Waals surface area contributed by atoms with Crippen LogP contribution in [0.2, 0.25) is 0 Å². The minimum Gasteiger partial charge on any atom is -0.0955 e. The Kier molecular flexibility index (Phi) is 8.26. The van der Waals surface area contributed by atoms with Crippen LogP contribution in [-0.2, 0) is 0 Å². The fourth-order valence-electron chi connectivity index (χ4n) is 6.86. The zero-order chi connectivity index (χ0) is 33.4. The second kappa shape index (κ2) is 12.8. The fraction of sp³-hybridized carbons (Fsp3) is 0.0833. The van der Waals surface area contributed by atoms with E-state index < -0.39 is 0 Å². The first-order valence-electron chi connectivity index (χ1n) is 16.7. The highest BCUT2D eigenvalue weighted by molar-refractivity contribution is 6.23. The Balaban J connectivity index is 1.25. The summed E-state index contributed by atoms with van der Waals surface area (Å²) in [5.41, 5.74) is 22.7. The molecule has 2 aliphatic rings. The van der Waals surface area contributed by atoms with Crippen LogP contribution < -0.4 is 0 Å². The molecule has 232 valence electrons. The summed E-state index contributed by atoms with van der Waals surface area (Å²) < 4.78 is 0. The molecule has 0 unspecified atom stereocenters. The van der Waals surface area contributed by atoms with Gasteiger partial charge in [-0.15, -0.1) is 0 Å². The summed E-state index contributed by atoms with van der Waals surface area (Å²) in [6, 6.07) is 46.4. The lowest BCUT2D eigenvalue weighted by Gasteiger charge is -2.10. The molecule has 0 spiro atoms. The maximum atomic E-state index is 4.06. The molecule has 0 saturated carbocycles. The molecule has 0 amide bonds. The van der Waals surface area contributed by atoms with Crippen LogP contribution in [0.1, 0.15) is 30.5 Å². The number of hydrogen-bond acceptors (Lipinski definition) is 0. The Hall–Kier alpha value is -5.72. The number of fused-ring (bicyclic) bond motifs is 1. The van der Waals surface area contributed by atoms with Crippen molar-refractivity contribution in [2.75, 3.05) is 0 Å². The average Bonchev–Trinajstić information content (AvgIpc) is 3.75. The second-order valence-corrected chi connectivity index (χ2v) is 12.9. The van der Waals surface area contributed by atoms with Gasteiger partial charge in [0.25, 0.3) is 0 Å². The van der Waals surface area contributed by atoms with Gasteiger partial charge in [0, 0.05) is 0 Å². The Morgan fingerprint density at radius 3 is 1.71 bits per heavy atom. The SMILES string of the molecule is C=C(C)C(=C)/C=C\C=C(/C)c1cccc(-c2cccc(-c3cccc(-c4c5c(-c6ccccc6)c(C)c(-c6ccccc6C)c4-5)c3)c2)c1. The summed E-state index contributed by atoms with van der Waals surface area (Å²) in [6.45, 7) is 16.7. The van der Waals surface area contributed by atoms with Crippen LogP contribution in [0.4, 0.5) is 0 Å². The third-order valence-corrected chi connectivity index (χ3v) is 9.60. The molecule has 0 bridgehead atoms. The predicted octanol–water partition coefficient (Wildman–Crippen LogP) is 13.7. The lowest BCUT2D eigenvalue weighted by molar-refractivity contribution is 1.44. The summed E-state index contributed by atoms with van der Waals surface area (Å²) in [7, 11) is 0. The van der Waals surface area contributed by atoms with Gasteiger partial charge in [0.05, 0.1) is 0 Å². The Bertz CT molecular complexity index is 2290. The van der Waals surface area contributed by atoms with E-state index in [2.05, 4.69) is 173 Å². The molecule has 5 aromatic carbocycles. The van der Waals surface area contributed by atoms with Gasteiger partial charge >= 0.3 is 0 Å². The van der Waals surface area contributed by atoms with E-state index in [0.717, 1.165) is 11.1 Å². The molecule has 0 N–H and O–H groups in total. The van der Waals surface area contributed by atoms with Crippen molar-refractivity contribution in [2.45, 2.75) is 27.7 Å². The van der Waals surface area contributed by atoms with Gasteiger partial charge in [-0.3, -0.25) is 0 Å². The molecule has 0 saturated heterocycles. The highest BCUT2D eigenvalue weighted by Gasteiger charge is 2.37. The normalized spacial score (nSPS) is 12.0. The van der Waals surface area contributed by atoms with Crippen molar-refractivity contribution in [3.63, 3.8) is 0 Å². The molecule has 0 nitrogen and oxygen atoms in total. The quantitative estimate of drug-likeness (QED) is 0.142. The third-order valence-electron chi connectivity index (χ3n) is 9.60. The summed E-state index contributed by atoms with van der Waals surface area (Å²) in [4.78, 5) is 0. The van der Waals surface area contributed by atoms with Crippen LogP contribution in [-0.4, -0.2) is 0 Å². The van der Waals surface area contributed by atoms with Crippen molar-refractivity contribution in [1.29, 1.82) is 0 Å². The first-order chi connectivity index (χ1) is 23.3. The standard InChI is InChI=1S/C48H40/c1-31(2)32(3)17-12-18-33(4)37-21-13-22-38(28-37)39-23-14-24-40(29-39)41-25-15-26-42(30-41)46-47-44(36-19-8-7-9-20-36)35(6)45(48(46)47)43-27-11-10-16-34(43)5/h7-30H,1,3H2,2,4-6H3/b17-12-,33-18+. The van der Waals surface area contributed by atoms with Crippen molar-refractivity contribution < 1.29 is 0 Å². The van der Waals surface area contributed by atoms with Crippen molar-refractivity contribution in [2.24, 2.45) is 0 Å². The second-order valence-electron chi connectivity index (χ2n) is 12.9. The number of benzene rings is 6. The highest BCUT2D eigenvalue weighted by atomic mass is 14.4. The molecule has 0 radical (unpaired) electrons. The van der Waals surface area contributed by atoms with Gasteiger partial charge in [0.15, 0.2) is 0 Å². The molecule has 2 aliphatic carbocycles. The smallest absolute Gasteiger partial charge is 0.000453 e. The number of rotatable bonds is 9. The predicted molar refractivity (Wildman–Crippen MR) is 209 cm³/mol. The molecule has 7 rings (SSSR count). The van der Waals surface area contributed by atoms with Gasteiger partial charge in [0.2, 0.25) is 0 Å². The van der Waals surface area contributed by atoms with Gasteiger partial charge < -0.3 is 0 Å². The van der Waals surface area contributed by atoms with Crippen molar-refractivity contribution in [3.05, 3.63) is 187 Å². The third kappa shape index (κ3) is 5.83. The van der Waals surface area contributed by atoms with Gasteiger partial charge in [-0.05, 0) is 140 Å². The minimum absolute atomic E-state index is 0.947. The van der Waals surface area contributed by atoms with E-state index in [9.17, 15) is 0 Å². The largest absolute Gasteiger partial charge is 0.0955 e. The van der Waals surface area contributed by atoms with Gasteiger partial charge in [-0.25, -0.2) is 0 Å². The molecule has 0 fully saturated rings. The molecule has 0 aliphatic heterocycles. The molecule has 0 heterocycles. The molecule has 0 heteroatoms. The van der Waals surface area contributed by atoms with Crippen LogP contribution in [0.5, 0.6) is 0 Å². The van der Waals surface area contributed by atoms with E-state index in [-0.39, 0.29) is 0 Å². The monoisotopic (exact) mass is 616 g/mol. The first kappa shape index (κ1) is 30.9. The first-order valence-corrected chi connectivity index (χ1v) is 16.7. The molecule has 0 atom stereocenters. The van der Waals surface area contributed by atoms with E-state index in [1.807, 2.05) is 13.0 Å². The number of aryl methyl sites for hydroxylation is 1. The Morgan fingerprint density at radius 1 is 0.500 bits per heavy atom. The van der Waals surface area contributed by atoms with Crippen molar-refractivity contribution in [1.82, 2.24) is 0 Å². The van der Waals surface area contributed by atoms with E-state index in [1.54, 1.807) is 0 Å². The lowest BCUT2D eigenvalue weighted by Crippen LogP contribution is -1.86. The van der Waals surface area contributed by atoms with Crippen molar-refractivity contribution >= 4 is 5.57 Å². The summed E-state index contributed by atoms with van der Waals surface area (Å²) in [5.74, 6) is 0. The fourth-order valence-corrected chi connectivity index (χ4v) is 6.86. The maximum Gasteiger partial charge on any atom is -0.000453 e. The minimum atomic E-state index is 0.947. The zero-order valence-electron chi connectivity index (χ0n) is 28.3. The van der Waals surface area contributed by atoms with Crippen LogP contribution in [0, 0.1) is 13.8 Å². The van der Waals surface area contributed by atoms with Crippen LogP contribution >= 0.6 is 0 Å². The molecular formula is C48H40. The summed E-state index contributed by atoms with van der Waals surface area (Å²) >= 11 is 0. The molecule has 5 aromatic rings.